The summed E-state index contributed by atoms with van der Waals surface area (Å²) < 4.78 is 2.63. The van der Waals surface area contributed by atoms with E-state index in [2.05, 4.69) is 187 Å². The summed E-state index contributed by atoms with van der Waals surface area (Å²) in [5.41, 5.74) is 15.4. The van der Waals surface area contributed by atoms with Gasteiger partial charge in [0, 0.05) is 37.2 Å². The average Bonchev–Trinajstić information content (AvgIpc) is 3.81. The number of thiophene rings is 1. The zero-order valence-corrected chi connectivity index (χ0v) is 33.6. The lowest BCUT2D eigenvalue weighted by Gasteiger charge is -2.41. The van der Waals surface area contributed by atoms with Gasteiger partial charge in [0.25, 0.3) is 0 Å². The van der Waals surface area contributed by atoms with Crippen molar-refractivity contribution in [2.75, 3.05) is 4.90 Å². The molecular formula is C57H41NS. The Morgan fingerprint density at radius 2 is 1.07 bits per heavy atom. The van der Waals surface area contributed by atoms with E-state index in [0.29, 0.717) is 5.92 Å². The van der Waals surface area contributed by atoms with Gasteiger partial charge >= 0.3 is 0 Å². The van der Waals surface area contributed by atoms with E-state index in [1.807, 2.05) is 11.3 Å². The number of anilines is 3. The van der Waals surface area contributed by atoms with Gasteiger partial charge in [-0.1, -0.05) is 159 Å². The molecule has 1 fully saturated rings. The molecule has 3 aliphatic carbocycles. The van der Waals surface area contributed by atoms with Gasteiger partial charge in [0.15, 0.2) is 0 Å². The minimum atomic E-state index is -0.485. The maximum atomic E-state index is 2.60. The van der Waals surface area contributed by atoms with Crippen molar-refractivity contribution in [3.05, 3.63) is 210 Å². The smallest absolute Gasteiger partial charge is 0.0726 e. The van der Waals surface area contributed by atoms with Gasteiger partial charge < -0.3 is 4.90 Å². The Morgan fingerprint density at radius 1 is 0.407 bits per heavy atom. The van der Waals surface area contributed by atoms with E-state index in [-0.39, 0.29) is 0 Å². The highest BCUT2D eigenvalue weighted by molar-refractivity contribution is 7.25. The third kappa shape index (κ3) is 4.78. The molecule has 1 saturated carbocycles. The maximum Gasteiger partial charge on any atom is 0.0726 e. The molecule has 3 aliphatic rings. The monoisotopic (exact) mass is 771 g/mol. The van der Waals surface area contributed by atoms with Crippen LogP contribution in [0.3, 0.4) is 0 Å². The van der Waals surface area contributed by atoms with Gasteiger partial charge in [0.1, 0.15) is 0 Å². The maximum absolute atomic E-state index is 2.60. The predicted octanol–water partition coefficient (Wildman–Crippen LogP) is 16.2. The number of fused-ring (bicyclic) bond motifs is 13. The van der Waals surface area contributed by atoms with Crippen molar-refractivity contribution < 1.29 is 0 Å². The first-order valence-electron chi connectivity index (χ1n) is 21.4. The highest BCUT2D eigenvalue weighted by Crippen LogP contribution is 2.63. The molecule has 0 bridgehead atoms. The number of hydrogen-bond donors (Lipinski definition) is 0. The van der Waals surface area contributed by atoms with Gasteiger partial charge in [0.2, 0.25) is 0 Å². The van der Waals surface area contributed by atoms with Crippen LogP contribution in [-0.4, -0.2) is 0 Å². The molecule has 1 atom stereocenters. The summed E-state index contributed by atoms with van der Waals surface area (Å²) in [6.45, 7) is 0. The standard InChI is InChI=1S/C57H41NS/c1-2-12-36(13-3-1)40-25-31-51-49(33-40)48-20-10-16-38-17-11-22-52(56(38)48)57(51)50-21-8-6-18-44(50)45-29-27-42(34-53(45)57)58(41-26-24-37-14-4-5-15-39(37)32-41)43-28-30-47-46-19-7-9-23-54(46)59-55(47)35-43/h4-11,14-36H,1-3,12-13H2. The molecule has 1 nitrogen and oxygen atoms in total. The van der Waals surface area contributed by atoms with Gasteiger partial charge in [0.05, 0.1) is 5.41 Å². The molecule has 0 radical (unpaired) electrons. The molecule has 280 valence electrons. The molecule has 13 rings (SSSR count). The highest BCUT2D eigenvalue weighted by Gasteiger charge is 2.50. The first kappa shape index (κ1) is 33.5. The molecule has 9 aromatic carbocycles. The van der Waals surface area contributed by atoms with Crippen LogP contribution in [0.2, 0.25) is 0 Å². The summed E-state index contributed by atoms with van der Waals surface area (Å²) >= 11 is 1.88. The van der Waals surface area contributed by atoms with Gasteiger partial charge in [-0.25, -0.2) is 0 Å². The predicted molar refractivity (Wildman–Crippen MR) is 251 cm³/mol. The van der Waals surface area contributed by atoms with Crippen molar-refractivity contribution in [1.29, 1.82) is 0 Å². The van der Waals surface area contributed by atoms with Crippen LogP contribution in [-0.2, 0) is 5.41 Å². The molecule has 1 heterocycles. The molecule has 0 amide bonds. The summed E-state index contributed by atoms with van der Waals surface area (Å²) in [5, 5.41) is 7.82. The molecule has 0 saturated heterocycles. The lowest BCUT2D eigenvalue weighted by molar-refractivity contribution is 0.443. The number of nitrogens with zero attached hydrogens (tertiary/aromatic N) is 1. The van der Waals surface area contributed by atoms with Crippen LogP contribution in [0.15, 0.2) is 182 Å². The van der Waals surface area contributed by atoms with Crippen LogP contribution in [0.5, 0.6) is 0 Å². The topological polar surface area (TPSA) is 3.24 Å². The molecule has 59 heavy (non-hydrogen) atoms. The molecule has 1 spiro atoms. The van der Waals surface area contributed by atoms with Gasteiger partial charge in [-0.2, -0.15) is 0 Å². The van der Waals surface area contributed by atoms with E-state index in [1.165, 1.54) is 124 Å². The Morgan fingerprint density at radius 3 is 2.00 bits per heavy atom. The number of hydrogen-bond acceptors (Lipinski definition) is 2. The summed E-state index contributed by atoms with van der Waals surface area (Å²) in [5.74, 6) is 0.630. The second kappa shape index (κ2) is 12.8. The minimum absolute atomic E-state index is 0.485. The third-order valence-corrected chi connectivity index (χ3v) is 15.2. The van der Waals surface area contributed by atoms with Crippen molar-refractivity contribution in [3.8, 4) is 22.3 Å². The minimum Gasteiger partial charge on any atom is -0.310 e. The molecule has 2 heteroatoms. The first-order valence-corrected chi connectivity index (χ1v) is 22.2. The van der Waals surface area contributed by atoms with E-state index in [9.17, 15) is 0 Å². The van der Waals surface area contributed by atoms with Crippen molar-refractivity contribution in [3.63, 3.8) is 0 Å². The van der Waals surface area contributed by atoms with Gasteiger partial charge in [-0.15, -0.1) is 11.3 Å². The van der Waals surface area contributed by atoms with Crippen molar-refractivity contribution in [2.45, 2.75) is 43.4 Å². The summed E-state index contributed by atoms with van der Waals surface area (Å²) in [4.78, 5) is 2.50. The quantitative estimate of drug-likeness (QED) is 0.172. The Balaban J connectivity index is 1.09. The fourth-order valence-electron chi connectivity index (χ4n) is 11.4. The Labute approximate surface area is 348 Å². The lowest BCUT2D eigenvalue weighted by Crippen LogP contribution is -2.32. The van der Waals surface area contributed by atoms with Crippen LogP contribution in [0.4, 0.5) is 17.1 Å². The van der Waals surface area contributed by atoms with Crippen molar-refractivity contribution >= 4 is 70.1 Å². The number of benzene rings is 9. The van der Waals surface area contributed by atoms with E-state index in [1.54, 1.807) is 0 Å². The SMILES string of the molecule is c1ccc2c(c1)-c1ccc(N(c3ccc4ccccc4c3)c3ccc4c(c3)sc3ccccc34)cc1C21c2ccc(C3CCCCC3)cc2-c2cccc3cccc1c23. The van der Waals surface area contributed by atoms with E-state index in [0.717, 1.165) is 17.1 Å². The summed E-state index contributed by atoms with van der Waals surface area (Å²) in [7, 11) is 0. The van der Waals surface area contributed by atoms with E-state index >= 15 is 0 Å². The zero-order valence-electron chi connectivity index (χ0n) is 32.8. The summed E-state index contributed by atoms with van der Waals surface area (Å²) in [6.07, 6.45) is 6.60. The molecule has 1 aromatic heterocycles. The van der Waals surface area contributed by atoms with Crippen LogP contribution in [0.1, 0.15) is 65.8 Å². The second-order valence-electron chi connectivity index (χ2n) is 17.0. The Hall–Kier alpha value is -6.48. The van der Waals surface area contributed by atoms with Gasteiger partial charge in [-0.05, 0) is 133 Å². The summed E-state index contributed by atoms with van der Waals surface area (Å²) in [6, 6.07) is 69.7. The Kier molecular flexibility index (Phi) is 7.24. The normalized spacial score (nSPS) is 16.8. The van der Waals surface area contributed by atoms with Crippen molar-refractivity contribution in [2.24, 2.45) is 0 Å². The van der Waals surface area contributed by atoms with E-state index in [4.69, 9.17) is 0 Å². The fourth-order valence-corrected chi connectivity index (χ4v) is 12.6. The highest BCUT2D eigenvalue weighted by atomic mass is 32.1. The second-order valence-corrected chi connectivity index (χ2v) is 18.1. The Bertz CT molecular complexity index is 3340. The first-order chi connectivity index (χ1) is 29.2. The van der Waals surface area contributed by atoms with Crippen molar-refractivity contribution in [1.82, 2.24) is 0 Å². The molecule has 10 aromatic rings. The van der Waals surface area contributed by atoms with E-state index < -0.39 is 5.41 Å². The molecule has 0 aliphatic heterocycles. The fraction of sp³-hybridized carbons (Fsp3) is 0.123. The molecular weight excluding hydrogens is 731 g/mol. The van der Waals surface area contributed by atoms with Crippen LogP contribution >= 0.6 is 11.3 Å². The molecule has 1 unspecified atom stereocenters. The molecule has 0 N–H and O–H groups in total. The average molecular weight is 772 g/mol. The van der Waals surface area contributed by atoms with Crippen LogP contribution in [0.25, 0.3) is 64.0 Å². The van der Waals surface area contributed by atoms with Crippen LogP contribution < -0.4 is 4.90 Å². The third-order valence-electron chi connectivity index (χ3n) is 14.0. The largest absolute Gasteiger partial charge is 0.310 e. The number of rotatable bonds is 4. The lowest BCUT2D eigenvalue weighted by atomic mass is 9.61. The van der Waals surface area contributed by atoms with Gasteiger partial charge in [-0.3, -0.25) is 0 Å². The zero-order chi connectivity index (χ0) is 38.7. The van der Waals surface area contributed by atoms with Crippen LogP contribution in [0, 0.1) is 0 Å².